The zero-order valence-electron chi connectivity index (χ0n) is 42.2. The lowest BCUT2D eigenvalue weighted by Gasteiger charge is -2.29. The number of phosphoric acid groups is 1. The number of likely N-dealkylation sites (N-methyl/N-ethyl adjacent to an activating group) is 1. The number of hydrogen-bond acceptors (Lipinski definition) is 6. The average molecular weight is 917 g/mol. The van der Waals surface area contributed by atoms with E-state index in [2.05, 4.69) is 79.9 Å². The Morgan fingerprint density at radius 1 is 0.562 bits per heavy atom. The molecule has 0 heterocycles. The summed E-state index contributed by atoms with van der Waals surface area (Å²) < 4.78 is 23.2. The fraction of sp³-hybridized carbons (Fsp3) is 0.764. The first-order valence-corrected chi connectivity index (χ1v) is 27.8. The molecule has 1 amide bonds. The highest BCUT2D eigenvalue weighted by Crippen LogP contribution is 2.38. The molecule has 0 aromatic carbocycles. The number of nitrogens with zero attached hydrogens (tertiary/aromatic N) is 1. The third-order valence-electron chi connectivity index (χ3n) is 11.4. The topological polar surface area (TPSA) is 108 Å². The van der Waals surface area contributed by atoms with Crippen LogP contribution in [0.4, 0.5) is 0 Å². The van der Waals surface area contributed by atoms with Crippen LogP contribution >= 0.6 is 7.82 Å². The number of carbonyl (C=O) groups is 1. The molecule has 8 nitrogen and oxygen atoms in total. The van der Waals surface area contributed by atoms with Gasteiger partial charge in [-0.2, -0.15) is 0 Å². The molecule has 0 aliphatic carbocycles. The van der Waals surface area contributed by atoms with Crippen molar-refractivity contribution in [3.8, 4) is 0 Å². The molecule has 0 rings (SSSR count). The highest BCUT2D eigenvalue weighted by Gasteiger charge is 2.23. The van der Waals surface area contributed by atoms with Crippen molar-refractivity contribution in [3.05, 3.63) is 72.9 Å². The Kier molecular flexibility index (Phi) is 44.6. The number of quaternary nitrogens is 1. The zero-order chi connectivity index (χ0) is 47.1. The Morgan fingerprint density at radius 2 is 0.953 bits per heavy atom. The van der Waals surface area contributed by atoms with Crippen LogP contribution in [0.15, 0.2) is 72.9 Å². The van der Waals surface area contributed by atoms with Gasteiger partial charge in [-0.15, -0.1) is 0 Å². The Balaban J connectivity index is 3.98. The maximum Gasteiger partial charge on any atom is 0.268 e. The predicted molar refractivity (Wildman–Crippen MR) is 274 cm³/mol. The average Bonchev–Trinajstić information content (AvgIpc) is 3.25. The van der Waals surface area contributed by atoms with E-state index in [9.17, 15) is 19.4 Å². The van der Waals surface area contributed by atoms with Crippen molar-refractivity contribution >= 4 is 13.7 Å². The van der Waals surface area contributed by atoms with Crippen LogP contribution in [0.1, 0.15) is 219 Å². The van der Waals surface area contributed by atoms with Crippen molar-refractivity contribution in [1.82, 2.24) is 5.32 Å². The van der Waals surface area contributed by atoms with Gasteiger partial charge in [-0.25, -0.2) is 0 Å². The molecule has 64 heavy (non-hydrogen) atoms. The molecule has 0 aliphatic heterocycles. The highest BCUT2D eigenvalue weighted by molar-refractivity contribution is 7.45. The molecule has 372 valence electrons. The molecule has 0 fully saturated rings. The van der Waals surface area contributed by atoms with Gasteiger partial charge in [0.2, 0.25) is 5.91 Å². The Hall–Kier alpha value is -2.06. The van der Waals surface area contributed by atoms with E-state index in [-0.39, 0.29) is 19.1 Å². The molecule has 0 saturated heterocycles. The third kappa shape index (κ3) is 47.9. The molecule has 2 N–H and O–H groups in total. The Bertz CT molecular complexity index is 1270. The van der Waals surface area contributed by atoms with Crippen molar-refractivity contribution < 1.29 is 32.9 Å². The quantitative estimate of drug-likeness (QED) is 0.0272. The van der Waals surface area contributed by atoms with Crippen molar-refractivity contribution in [2.75, 3.05) is 40.9 Å². The van der Waals surface area contributed by atoms with Crippen LogP contribution in [0.5, 0.6) is 0 Å². The fourth-order valence-corrected chi connectivity index (χ4v) is 8.02. The summed E-state index contributed by atoms with van der Waals surface area (Å²) >= 11 is 0. The number of carbonyl (C=O) groups excluding carboxylic acids is 1. The summed E-state index contributed by atoms with van der Waals surface area (Å²) in [6, 6.07) is -0.886. The molecule has 0 aliphatic rings. The van der Waals surface area contributed by atoms with Gasteiger partial charge in [0, 0.05) is 6.42 Å². The second-order valence-corrected chi connectivity index (χ2v) is 20.3. The molecular formula is C55H101N2O6P. The summed E-state index contributed by atoms with van der Waals surface area (Å²) in [6.45, 7) is 4.50. The van der Waals surface area contributed by atoms with Crippen molar-refractivity contribution in [2.45, 2.75) is 231 Å². The van der Waals surface area contributed by atoms with Crippen molar-refractivity contribution in [1.29, 1.82) is 0 Å². The molecule has 3 atom stereocenters. The summed E-state index contributed by atoms with van der Waals surface area (Å²) in [7, 11) is 1.26. The van der Waals surface area contributed by atoms with Gasteiger partial charge < -0.3 is 28.8 Å². The number of hydrogen-bond donors (Lipinski definition) is 2. The van der Waals surface area contributed by atoms with E-state index in [4.69, 9.17) is 9.05 Å². The van der Waals surface area contributed by atoms with E-state index in [0.29, 0.717) is 17.4 Å². The number of rotatable bonds is 47. The Labute approximate surface area is 395 Å². The van der Waals surface area contributed by atoms with Gasteiger partial charge in [-0.1, -0.05) is 222 Å². The summed E-state index contributed by atoms with van der Waals surface area (Å²) in [5.74, 6) is -0.201. The van der Waals surface area contributed by atoms with Crippen molar-refractivity contribution in [2.24, 2.45) is 0 Å². The largest absolute Gasteiger partial charge is 0.756 e. The van der Waals surface area contributed by atoms with Crippen LogP contribution in [-0.4, -0.2) is 68.5 Å². The fourth-order valence-electron chi connectivity index (χ4n) is 7.30. The van der Waals surface area contributed by atoms with E-state index >= 15 is 0 Å². The molecule has 0 saturated carbocycles. The molecule has 9 heteroatoms. The van der Waals surface area contributed by atoms with Crippen LogP contribution in [0.3, 0.4) is 0 Å². The van der Waals surface area contributed by atoms with Crippen LogP contribution in [0.2, 0.25) is 0 Å². The summed E-state index contributed by atoms with van der Waals surface area (Å²) in [5, 5.41) is 13.7. The molecular weight excluding hydrogens is 816 g/mol. The molecule has 0 aromatic rings. The minimum Gasteiger partial charge on any atom is -0.756 e. The first kappa shape index (κ1) is 61.9. The number of aliphatic hydroxyl groups is 1. The number of aliphatic hydroxyl groups excluding tert-OH is 1. The van der Waals surface area contributed by atoms with E-state index in [0.717, 1.165) is 70.6 Å². The lowest BCUT2D eigenvalue weighted by Crippen LogP contribution is -2.45. The highest BCUT2D eigenvalue weighted by atomic mass is 31.2. The first-order valence-electron chi connectivity index (χ1n) is 26.3. The SMILES string of the molecule is CC/C=C\C/C=C\C/C=C\C/C=C\C/C=C\CCCCCCCCCCCCCCCCCCCC(=O)NC(COP(=O)([O-])OCC[N+](C)(C)C)C(O)/C=C/CCCCCCCCC. The summed E-state index contributed by atoms with van der Waals surface area (Å²) in [6.07, 6.45) is 62.7. The smallest absolute Gasteiger partial charge is 0.268 e. The van der Waals surface area contributed by atoms with Crippen LogP contribution in [0, 0.1) is 0 Å². The number of unbranched alkanes of at least 4 members (excludes halogenated alkanes) is 24. The molecule has 0 spiro atoms. The van der Waals surface area contributed by atoms with E-state index < -0.39 is 20.0 Å². The summed E-state index contributed by atoms with van der Waals surface area (Å²) in [5.41, 5.74) is 0. The van der Waals surface area contributed by atoms with Gasteiger partial charge in [-0.05, 0) is 64.2 Å². The maximum absolute atomic E-state index is 12.9. The maximum atomic E-state index is 12.9. The number of amides is 1. The van der Waals surface area contributed by atoms with Crippen LogP contribution in [0.25, 0.3) is 0 Å². The minimum atomic E-state index is -4.59. The third-order valence-corrected chi connectivity index (χ3v) is 12.4. The molecule has 0 bridgehead atoms. The number of nitrogens with one attached hydrogen (secondary N) is 1. The van der Waals surface area contributed by atoms with Gasteiger partial charge in [0.15, 0.2) is 0 Å². The van der Waals surface area contributed by atoms with Gasteiger partial charge >= 0.3 is 0 Å². The molecule has 3 unspecified atom stereocenters. The Morgan fingerprint density at radius 3 is 1.39 bits per heavy atom. The second kappa shape index (κ2) is 46.1. The van der Waals surface area contributed by atoms with E-state index in [1.807, 2.05) is 27.2 Å². The van der Waals surface area contributed by atoms with Gasteiger partial charge in [-0.3, -0.25) is 9.36 Å². The van der Waals surface area contributed by atoms with Gasteiger partial charge in [0.25, 0.3) is 7.82 Å². The van der Waals surface area contributed by atoms with Crippen LogP contribution < -0.4 is 10.2 Å². The lowest BCUT2D eigenvalue weighted by molar-refractivity contribution is -0.870. The van der Waals surface area contributed by atoms with Crippen molar-refractivity contribution in [3.63, 3.8) is 0 Å². The van der Waals surface area contributed by atoms with Crippen LogP contribution in [-0.2, 0) is 18.4 Å². The zero-order valence-corrected chi connectivity index (χ0v) is 43.1. The summed E-state index contributed by atoms with van der Waals surface area (Å²) in [4.78, 5) is 25.3. The second-order valence-electron chi connectivity index (χ2n) is 18.9. The molecule has 0 radical (unpaired) electrons. The standard InChI is InChI=1S/C55H101N2O6P/c1-6-8-10-12-14-16-17-18-19-20-21-22-23-24-25-26-27-28-29-30-31-32-33-34-35-36-37-38-39-41-43-45-47-49-55(59)56-53(52-63-64(60,61)62-51-50-57(3,4)5)54(58)48-46-44-42-40-15-13-11-9-7-2/h8,10,14,16,18-19,21-22,24-25,46,48,53-54,58H,6-7,9,11-13,15,17,20,23,26-45,47,49-52H2,1-5H3,(H-,56,59,60,61)/b10-8-,16-14-,19-18-,22-21-,25-24-,48-46+. The monoisotopic (exact) mass is 917 g/mol. The number of allylic oxidation sites excluding steroid dienone is 11. The lowest BCUT2D eigenvalue weighted by atomic mass is 10.0. The van der Waals surface area contributed by atoms with Gasteiger partial charge in [0.05, 0.1) is 39.9 Å². The first-order chi connectivity index (χ1) is 31.0. The van der Waals surface area contributed by atoms with Gasteiger partial charge in [0.1, 0.15) is 13.2 Å². The minimum absolute atomic E-state index is 0.00249. The number of phosphoric ester groups is 1. The molecule has 0 aromatic heterocycles. The van der Waals surface area contributed by atoms with E-state index in [1.165, 1.54) is 128 Å². The normalized spacial score (nSPS) is 14.7. The predicted octanol–water partition coefficient (Wildman–Crippen LogP) is 14.9. The van der Waals surface area contributed by atoms with E-state index in [1.54, 1.807) is 6.08 Å².